The molecule has 4 rings (SSSR count). The van der Waals surface area contributed by atoms with Gasteiger partial charge in [-0.2, -0.15) is 0 Å². The highest BCUT2D eigenvalue weighted by Crippen LogP contribution is 2.38. The lowest BCUT2D eigenvalue weighted by Gasteiger charge is -2.28. The molecule has 3 aromatic rings. The number of hydrogen-bond acceptors (Lipinski definition) is 5. The number of pyridine rings is 3. The Bertz CT molecular complexity index is 1330. The highest BCUT2D eigenvalue weighted by molar-refractivity contribution is 6.31. The van der Waals surface area contributed by atoms with Crippen LogP contribution in [0, 0.1) is 0 Å². The fraction of sp³-hybridized carbons (Fsp3) is 0.417. The lowest BCUT2D eigenvalue weighted by atomic mass is 9.91. The van der Waals surface area contributed by atoms with Crippen LogP contribution in [0.15, 0.2) is 29.2 Å². The summed E-state index contributed by atoms with van der Waals surface area (Å²) in [4.78, 5) is 38.5. The minimum Gasteiger partial charge on any atom is -0.364 e. The summed E-state index contributed by atoms with van der Waals surface area (Å²) in [6.45, 7) is 6.42. The summed E-state index contributed by atoms with van der Waals surface area (Å²) in [5, 5.41) is 0.486. The van der Waals surface area contributed by atoms with E-state index in [2.05, 4.69) is 9.97 Å². The average Bonchev–Trinajstić information content (AvgIpc) is 2.92. The number of nitrogens with zero attached hydrogens (tertiary/aromatic N) is 3. The number of fused-ring (bicyclic) bond motifs is 1. The molecule has 4 heterocycles. The molecule has 180 valence electrons. The van der Waals surface area contributed by atoms with Gasteiger partial charge in [0.1, 0.15) is 11.5 Å². The molecule has 1 amide bonds. The number of amides is 1. The molecule has 7 nitrogen and oxygen atoms in total. The van der Waals surface area contributed by atoms with Gasteiger partial charge in [0.15, 0.2) is 5.43 Å². The maximum absolute atomic E-state index is 14.1. The van der Waals surface area contributed by atoms with Gasteiger partial charge in [-0.15, -0.1) is 0 Å². The number of alkyl halides is 2. The Morgan fingerprint density at radius 3 is 2.65 bits per heavy atom. The van der Waals surface area contributed by atoms with Crippen LogP contribution in [0.3, 0.4) is 0 Å². The Labute approximate surface area is 200 Å². The van der Waals surface area contributed by atoms with E-state index < -0.39 is 17.3 Å². The summed E-state index contributed by atoms with van der Waals surface area (Å²) >= 11 is 6.61. The highest BCUT2D eigenvalue weighted by Gasteiger charge is 2.33. The Morgan fingerprint density at radius 1 is 1.24 bits per heavy atom. The van der Waals surface area contributed by atoms with Gasteiger partial charge in [-0.3, -0.25) is 14.6 Å². The first kappa shape index (κ1) is 24.1. The molecule has 1 saturated heterocycles. The quantitative estimate of drug-likeness (QED) is 0.556. The number of carbonyl (C=O) groups excluding carboxylic acids is 1. The third-order valence-electron chi connectivity index (χ3n) is 5.95. The second-order valence-corrected chi connectivity index (χ2v) is 10.0. The zero-order valence-corrected chi connectivity index (χ0v) is 20.0. The van der Waals surface area contributed by atoms with Gasteiger partial charge in [-0.1, -0.05) is 32.4 Å². The second kappa shape index (κ2) is 8.61. The maximum Gasteiger partial charge on any atom is 0.268 e. The molecule has 34 heavy (non-hydrogen) atoms. The maximum atomic E-state index is 14.1. The normalized spacial score (nSPS) is 16.5. The summed E-state index contributed by atoms with van der Waals surface area (Å²) in [7, 11) is 0. The van der Waals surface area contributed by atoms with Crippen LogP contribution < -0.4 is 16.1 Å². The first-order valence-electron chi connectivity index (χ1n) is 11.0. The fourth-order valence-electron chi connectivity index (χ4n) is 4.25. The summed E-state index contributed by atoms with van der Waals surface area (Å²) < 4.78 is 28.2. The number of rotatable bonds is 3. The lowest BCUT2D eigenvalue weighted by Crippen LogP contribution is -2.28. The largest absolute Gasteiger partial charge is 0.364 e. The fourth-order valence-corrected chi connectivity index (χ4v) is 4.69. The third kappa shape index (κ3) is 4.61. The number of aromatic amines is 1. The van der Waals surface area contributed by atoms with Gasteiger partial charge in [0.25, 0.3) is 5.91 Å². The molecular formula is C24H26ClF2N5O2. The molecule has 0 saturated carbocycles. The third-order valence-corrected chi connectivity index (χ3v) is 6.24. The molecule has 3 aromatic heterocycles. The van der Waals surface area contributed by atoms with Crippen molar-refractivity contribution in [1.82, 2.24) is 15.0 Å². The van der Waals surface area contributed by atoms with Crippen LogP contribution in [0.4, 0.5) is 14.6 Å². The van der Waals surface area contributed by atoms with Crippen molar-refractivity contribution in [3.63, 3.8) is 0 Å². The van der Waals surface area contributed by atoms with E-state index in [4.69, 9.17) is 22.3 Å². The van der Waals surface area contributed by atoms with Crippen LogP contribution in [0.25, 0.3) is 22.2 Å². The monoisotopic (exact) mass is 489 g/mol. The van der Waals surface area contributed by atoms with E-state index in [0.717, 1.165) is 0 Å². The van der Waals surface area contributed by atoms with Crippen molar-refractivity contribution in [3.8, 4) is 11.3 Å². The molecule has 0 aromatic carbocycles. The Hall–Kier alpha value is -3.07. The predicted octanol–water partition coefficient (Wildman–Crippen LogP) is 4.66. The van der Waals surface area contributed by atoms with Crippen molar-refractivity contribution >= 4 is 34.2 Å². The molecule has 0 unspecified atom stereocenters. The zero-order chi connectivity index (χ0) is 24.8. The lowest BCUT2D eigenvalue weighted by molar-refractivity contribution is -0.0102. The van der Waals surface area contributed by atoms with Crippen molar-refractivity contribution in [3.05, 3.63) is 51.0 Å². The SMILES string of the molecule is CC(C)(C)c1nc(N2CCCC(F)(F)CC2)c(-c2cc(=O)c3c(C(N)=O)nccc3[nH]2)cc1Cl. The number of hydrogen-bond donors (Lipinski definition) is 2. The van der Waals surface area contributed by atoms with Crippen molar-refractivity contribution < 1.29 is 13.6 Å². The van der Waals surface area contributed by atoms with Crippen LogP contribution in [0.5, 0.6) is 0 Å². The van der Waals surface area contributed by atoms with E-state index >= 15 is 0 Å². The number of carbonyl (C=O) groups is 1. The smallest absolute Gasteiger partial charge is 0.268 e. The summed E-state index contributed by atoms with van der Waals surface area (Å²) in [5.41, 5.74) is 6.34. The average molecular weight is 490 g/mol. The molecule has 10 heteroatoms. The van der Waals surface area contributed by atoms with Crippen molar-refractivity contribution in [2.45, 2.75) is 51.4 Å². The number of primary amides is 1. The van der Waals surface area contributed by atoms with Crippen LogP contribution in [-0.4, -0.2) is 39.9 Å². The number of aromatic nitrogens is 3. The van der Waals surface area contributed by atoms with Crippen LogP contribution in [-0.2, 0) is 5.41 Å². The standard InChI is InChI=1S/C24H26ClF2N5O2/c1-23(2,3)20-14(25)11-13(22(31-20)32-9-4-6-24(26,27)7-10-32)16-12-17(33)18-15(30-16)5-8-29-19(18)21(28)34/h5,8,11-12H,4,6-7,9-10H2,1-3H3,(H2,28,34)(H,30,33). The minimum atomic E-state index is -2.73. The van der Waals surface area contributed by atoms with Crippen molar-refractivity contribution in [2.24, 2.45) is 5.73 Å². The number of anilines is 1. The molecule has 0 spiro atoms. The minimum absolute atomic E-state index is 0.0834. The number of H-pyrrole nitrogens is 1. The van der Waals surface area contributed by atoms with Crippen LogP contribution >= 0.6 is 11.6 Å². The van der Waals surface area contributed by atoms with Crippen LogP contribution in [0.2, 0.25) is 5.02 Å². The van der Waals surface area contributed by atoms with Gasteiger partial charge < -0.3 is 15.6 Å². The van der Waals surface area contributed by atoms with Crippen LogP contribution in [0.1, 0.15) is 56.2 Å². The summed E-state index contributed by atoms with van der Waals surface area (Å²) in [5.74, 6) is -3.07. The van der Waals surface area contributed by atoms with E-state index in [-0.39, 0.29) is 35.9 Å². The molecule has 0 radical (unpaired) electrons. The first-order chi connectivity index (χ1) is 15.9. The molecule has 1 aliphatic heterocycles. The second-order valence-electron chi connectivity index (χ2n) is 9.63. The van der Waals surface area contributed by atoms with Crippen molar-refractivity contribution in [1.29, 1.82) is 0 Å². The van der Waals surface area contributed by atoms with E-state index in [1.807, 2.05) is 25.7 Å². The first-order valence-corrected chi connectivity index (χ1v) is 11.4. The topological polar surface area (TPSA) is 105 Å². The molecule has 1 fully saturated rings. The van der Waals surface area contributed by atoms with E-state index in [0.29, 0.717) is 46.3 Å². The molecule has 0 bridgehead atoms. The number of nitrogens with one attached hydrogen (secondary N) is 1. The van der Waals surface area contributed by atoms with Gasteiger partial charge >= 0.3 is 0 Å². The zero-order valence-electron chi connectivity index (χ0n) is 19.2. The van der Waals surface area contributed by atoms with E-state index in [1.165, 1.54) is 12.3 Å². The summed E-state index contributed by atoms with van der Waals surface area (Å²) in [6, 6.07) is 4.61. The van der Waals surface area contributed by atoms with Crippen molar-refractivity contribution in [2.75, 3.05) is 18.0 Å². The van der Waals surface area contributed by atoms with Gasteiger partial charge in [0, 0.05) is 49.2 Å². The number of halogens is 3. The molecule has 1 aliphatic rings. The molecule has 0 aliphatic carbocycles. The molecular weight excluding hydrogens is 464 g/mol. The molecule has 0 atom stereocenters. The number of nitrogens with two attached hydrogens (primary N) is 1. The van der Waals surface area contributed by atoms with Gasteiger partial charge in [0.2, 0.25) is 5.92 Å². The Balaban J connectivity index is 1.94. The summed E-state index contributed by atoms with van der Waals surface area (Å²) in [6.07, 6.45) is 1.22. The van der Waals surface area contributed by atoms with E-state index in [9.17, 15) is 18.4 Å². The predicted molar refractivity (Wildman–Crippen MR) is 129 cm³/mol. The van der Waals surface area contributed by atoms with E-state index in [1.54, 1.807) is 12.1 Å². The van der Waals surface area contributed by atoms with Gasteiger partial charge in [0.05, 0.1) is 27.3 Å². The highest BCUT2D eigenvalue weighted by atomic mass is 35.5. The van der Waals surface area contributed by atoms with Gasteiger partial charge in [-0.05, 0) is 18.6 Å². The van der Waals surface area contributed by atoms with Gasteiger partial charge in [-0.25, -0.2) is 13.8 Å². The molecule has 3 N–H and O–H groups in total. The Kier molecular flexibility index (Phi) is 6.10. The Morgan fingerprint density at radius 2 is 1.97 bits per heavy atom.